The molecule has 2 N–H and O–H groups in total. The first kappa shape index (κ1) is 12.9. The fourth-order valence-electron chi connectivity index (χ4n) is 3.17. The van der Waals surface area contributed by atoms with Crippen molar-refractivity contribution in [1.82, 2.24) is 15.5 Å². The molecule has 5 heteroatoms. The second-order valence-corrected chi connectivity index (χ2v) is 6.17. The van der Waals surface area contributed by atoms with Crippen LogP contribution in [0.15, 0.2) is 0 Å². The minimum Gasteiger partial charge on any atom is -0.352 e. The van der Waals surface area contributed by atoms with Crippen molar-refractivity contribution < 1.29 is 9.59 Å². The van der Waals surface area contributed by atoms with Crippen LogP contribution >= 0.6 is 0 Å². The second-order valence-electron chi connectivity index (χ2n) is 6.17. The summed E-state index contributed by atoms with van der Waals surface area (Å²) in [6.07, 6.45) is 4.98. The van der Waals surface area contributed by atoms with E-state index in [9.17, 15) is 9.59 Å². The largest absolute Gasteiger partial charge is 0.352 e. The van der Waals surface area contributed by atoms with Gasteiger partial charge in [-0.1, -0.05) is 6.92 Å². The predicted molar refractivity (Wildman–Crippen MR) is 71.5 cm³/mol. The van der Waals surface area contributed by atoms with Crippen LogP contribution in [0.4, 0.5) is 0 Å². The maximum atomic E-state index is 12.6. The lowest BCUT2D eigenvalue weighted by molar-refractivity contribution is -0.140. The molecule has 0 spiro atoms. The predicted octanol–water partition coefficient (Wildman–Crippen LogP) is 0.254. The molecular formula is C14H23N3O2. The highest BCUT2D eigenvalue weighted by molar-refractivity contribution is 5.90. The first-order chi connectivity index (χ1) is 9.16. The van der Waals surface area contributed by atoms with Crippen LogP contribution in [0.3, 0.4) is 0 Å². The average Bonchev–Trinajstić information content (AvgIpc) is 2.92. The van der Waals surface area contributed by atoms with E-state index in [1.165, 1.54) is 0 Å². The maximum absolute atomic E-state index is 12.6. The SMILES string of the molecule is CC1CCNC1C(=O)N1CCCC1C(=O)NC1CC1. The summed E-state index contributed by atoms with van der Waals surface area (Å²) in [6, 6.07) is 0.0469. The maximum Gasteiger partial charge on any atom is 0.243 e. The number of hydrogen-bond donors (Lipinski definition) is 2. The van der Waals surface area contributed by atoms with E-state index in [2.05, 4.69) is 17.6 Å². The third-order valence-corrected chi connectivity index (χ3v) is 4.56. The van der Waals surface area contributed by atoms with Crippen molar-refractivity contribution >= 4 is 11.8 Å². The molecule has 3 fully saturated rings. The van der Waals surface area contributed by atoms with Crippen LogP contribution in [0.1, 0.15) is 39.0 Å². The quantitative estimate of drug-likeness (QED) is 0.769. The standard InChI is InChI=1S/C14H23N3O2/c1-9-6-7-15-12(9)14(19)17-8-2-3-11(17)13(18)16-10-4-5-10/h9-12,15H,2-8H2,1H3,(H,16,18). The van der Waals surface area contributed by atoms with Crippen molar-refractivity contribution in [3.63, 3.8) is 0 Å². The Morgan fingerprint density at radius 1 is 1.21 bits per heavy atom. The molecule has 2 amide bonds. The summed E-state index contributed by atoms with van der Waals surface area (Å²) in [4.78, 5) is 26.5. The van der Waals surface area contributed by atoms with E-state index in [1.54, 1.807) is 4.90 Å². The van der Waals surface area contributed by atoms with Crippen molar-refractivity contribution in [2.75, 3.05) is 13.1 Å². The molecule has 3 rings (SSSR count). The van der Waals surface area contributed by atoms with Gasteiger partial charge in [-0.05, 0) is 44.6 Å². The first-order valence-corrected chi connectivity index (χ1v) is 7.51. The van der Waals surface area contributed by atoms with E-state index < -0.39 is 0 Å². The van der Waals surface area contributed by atoms with Crippen LogP contribution in [0.5, 0.6) is 0 Å². The lowest BCUT2D eigenvalue weighted by atomic mass is 10.0. The minimum absolute atomic E-state index is 0.0546. The van der Waals surface area contributed by atoms with E-state index in [0.717, 1.165) is 45.2 Å². The number of amides is 2. The zero-order chi connectivity index (χ0) is 13.4. The van der Waals surface area contributed by atoms with E-state index >= 15 is 0 Å². The summed E-state index contributed by atoms with van der Waals surface area (Å²) in [7, 11) is 0. The monoisotopic (exact) mass is 265 g/mol. The van der Waals surface area contributed by atoms with Gasteiger partial charge >= 0.3 is 0 Å². The van der Waals surface area contributed by atoms with E-state index in [1.807, 2.05) is 0 Å². The van der Waals surface area contributed by atoms with E-state index in [-0.39, 0.29) is 23.9 Å². The van der Waals surface area contributed by atoms with E-state index in [0.29, 0.717) is 12.0 Å². The molecular weight excluding hydrogens is 242 g/mol. The third-order valence-electron chi connectivity index (χ3n) is 4.56. The number of nitrogens with zero attached hydrogens (tertiary/aromatic N) is 1. The Labute approximate surface area is 114 Å². The molecule has 3 aliphatic rings. The van der Waals surface area contributed by atoms with Crippen molar-refractivity contribution in [1.29, 1.82) is 0 Å². The number of nitrogens with one attached hydrogen (secondary N) is 2. The molecule has 0 bridgehead atoms. The van der Waals surface area contributed by atoms with Crippen molar-refractivity contribution in [2.24, 2.45) is 5.92 Å². The zero-order valence-electron chi connectivity index (χ0n) is 11.5. The third kappa shape index (κ3) is 2.61. The van der Waals surface area contributed by atoms with Gasteiger partial charge in [0.2, 0.25) is 11.8 Å². The van der Waals surface area contributed by atoms with Crippen molar-refractivity contribution in [3.05, 3.63) is 0 Å². The number of carbonyl (C=O) groups excluding carboxylic acids is 2. The Balaban J connectivity index is 1.64. The molecule has 2 aliphatic heterocycles. The molecule has 0 aromatic heterocycles. The number of carbonyl (C=O) groups is 2. The van der Waals surface area contributed by atoms with Crippen LogP contribution in [-0.2, 0) is 9.59 Å². The van der Waals surface area contributed by atoms with E-state index in [4.69, 9.17) is 0 Å². The smallest absolute Gasteiger partial charge is 0.243 e. The van der Waals surface area contributed by atoms with Gasteiger partial charge in [-0.15, -0.1) is 0 Å². The lowest BCUT2D eigenvalue weighted by Crippen LogP contribution is -2.52. The summed E-state index contributed by atoms with van der Waals surface area (Å²) < 4.78 is 0. The topological polar surface area (TPSA) is 61.4 Å². The van der Waals surface area contributed by atoms with Gasteiger partial charge in [-0.25, -0.2) is 0 Å². The highest BCUT2D eigenvalue weighted by atomic mass is 16.2. The summed E-state index contributed by atoms with van der Waals surface area (Å²) in [5, 5.41) is 6.30. The zero-order valence-corrected chi connectivity index (χ0v) is 11.5. The van der Waals surface area contributed by atoms with Gasteiger partial charge in [0.05, 0.1) is 6.04 Å². The van der Waals surface area contributed by atoms with Crippen LogP contribution in [-0.4, -0.2) is 47.9 Å². The average molecular weight is 265 g/mol. The van der Waals surface area contributed by atoms with Crippen molar-refractivity contribution in [3.8, 4) is 0 Å². The molecule has 0 aromatic rings. The highest BCUT2D eigenvalue weighted by Crippen LogP contribution is 2.25. The number of rotatable bonds is 3. The summed E-state index contributed by atoms with van der Waals surface area (Å²) in [5.41, 5.74) is 0. The van der Waals surface area contributed by atoms with Crippen molar-refractivity contribution in [2.45, 2.75) is 57.2 Å². The molecule has 0 aromatic carbocycles. The molecule has 5 nitrogen and oxygen atoms in total. The normalized spacial score (nSPS) is 34.6. The second kappa shape index (κ2) is 5.12. The number of likely N-dealkylation sites (tertiary alicyclic amines) is 1. The highest BCUT2D eigenvalue weighted by Gasteiger charge is 2.41. The Bertz CT molecular complexity index is 381. The van der Waals surface area contributed by atoms with Gasteiger partial charge < -0.3 is 15.5 Å². The molecule has 2 saturated heterocycles. The van der Waals surface area contributed by atoms with Gasteiger partial charge in [0.25, 0.3) is 0 Å². The Hall–Kier alpha value is -1.10. The molecule has 106 valence electrons. The molecule has 2 heterocycles. The lowest BCUT2D eigenvalue weighted by Gasteiger charge is -2.28. The van der Waals surface area contributed by atoms with Gasteiger partial charge in [-0.2, -0.15) is 0 Å². The summed E-state index contributed by atoms with van der Waals surface area (Å²) >= 11 is 0. The molecule has 19 heavy (non-hydrogen) atoms. The Morgan fingerprint density at radius 2 is 2.00 bits per heavy atom. The van der Waals surface area contributed by atoms with Gasteiger partial charge in [0, 0.05) is 12.6 Å². The molecule has 3 atom stereocenters. The molecule has 0 radical (unpaired) electrons. The number of hydrogen-bond acceptors (Lipinski definition) is 3. The molecule has 1 saturated carbocycles. The van der Waals surface area contributed by atoms with Crippen LogP contribution in [0.2, 0.25) is 0 Å². The summed E-state index contributed by atoms with van der Waals surface area (Å²) in [5.74, 6) is 0.553. The Morgan fingerprint density at radius 3 is 2.63 bits per heavy atom. The van der Waals surface area contributed by atoms with Gasteiger partial charge in [-0.3, -0.25) is 9.59 Å². The molecule has 3 unspecified atom stereocenters. The van der Waals surface area contributed by atoms with Crippen LogP contribution in [0.25, 0.3) is 0 Å². The fraction of sp³-hybridized carbons (Fsp3) is 0.857. The summed E-state index contributed by atoms with van der Waals surface area (Å²) in [6.45, 7) is 3.74. The van der Waals surface area contributed by atoms with Gasteiger partial charge in [0.15, 0.2) is 0 Å². The fourth-order valence-corrected chi connectivity index (χ4v) is 3.17. The Kier molecular flexibility index (Phi) is 3.48. The van der Waals surface area contributed by atoms with Crippen LogP contribution in [0, 0.1) is 5.92 Å². The first-order valence-electron chi connectivity index (χ1n) is 7.51. The minimum atomic E-state index is -0.234. The van der Waals surface area contributed by atoms with Gasteiger partial charge in [0.1, 0.15) is 6.04 Å². The molecule has 1 aliphatic carbocycles. The van der Waals surface area contributed by atoms with Crippen LogP contribution < -0.4 is 10.6 Å².